The van der Waals surface area contributed by atoms with Crippen LogP contribution in [0.25, 0.3) is 10.9 Å². The Bertz CT molecular complexity index is 965. The Morgan fingerprint density at radius 3 is 2.41 bits per heavy atom. The number of H-pyrrole nitrogens is 1. The van der Waals surface area contributed by atoms with E-state index in [2.05, 4.69) is 10.3 Å². The van der Waals surface area contributed by atoms with E-state index in [1.54, 1.807) is 12.1 Å². The van der Waals surface area contributed by atoms with Crippen molar-refractivity contribution < 1.29 is 19.8 Å². The Balaban J connectivity index is 1.79. The van der Waals surface area contributed by atoms with Gasteiger partial charge >= 0.3 is 5.97 Å². The van der Waals surface area contributed by atoms with Crippen molar-refractivity contribution in [2.75, 3.05) is 0 Å². The predicted molar refractivity (Wildman–Crippen MR) is 103 cm³/mol. The first-order valence-electron chi connectivity index (χ1n) is 8.08. The number of aromatic amines is 1. The zero-order valence-corrected chi connectivity index (χ0v) is 15.5. The Labute approximate surface area is 164 Å². The summed E-state index contributed by atoms with van der Waals surface area (Å²) < 4.78 is 0. The number of carboxylic acids is 1. The summed E-state index contributed by atoms with van der Waals surface area (Å²) in [6.45, 7) is 0. The summed E-state index contributed by atoms with van der Waals surface area (Å²) in [5, 5.41) is 23.3. The molecule has 0 spiro atoms. The highest BCUT2D eigenvalue weighted by Gasteiger charge is 2.38. The maximum atomic E-state index is 12.5. The zero-order chi connectivity index (χ0) is 19.6. The van der Waals surface area contributed by atoms with Gasteiger partial charge in [-0.2, -0.15) is 0 Å². The molecule has 1 aromatic heterocycles. The number of halogens is 2. The maximum absolute atomic E-state index is 12.5. The van der Waals surface area contributed by atoms with Crippen molar-refractivity contribution >= 4 is 46.0 Å². The van der Waals surface area contributed by atoms with Crippen LogP contribution in [0.5, 0.6) is 0 Å². The van der Waals surface area contributed by atoms with E-state index in [1.807, 2.05) is 30.3 Å². The van der Waals surface area contributed by atoms with Gasteiger partial charge in [0, 0.05) is 17.3 Å². The van der Waals surface area contributed by atoms with E-state index in [-0.39, 0.29) is 18.5 Å². The number of rotatable bonds is 6. The third-order valence-electron chi connectivity index (χ3n) is 4.20. The first-order valence-corrected chi connectivity index (χ1v) is 8.84. The van der Waals surface area contributed by atoms with Crippen LogP contribution in [0.1, 0.15) is 22.5 Å². The van der Waals surface area contributed by atoms with Crippen LogP contribution in [0, 0.1) is 0 Å². The van der Waals surface area contributed by atoms with Gasteiger partial charge in [0.25, 0.3) is 5.91 Å². The average Bonchev–Trinajstić information content (AvgIpc) is 3.04. The van der Waals surface area contributed by atoms with Gasteiger partial charge in [-0.1, -0.05) is 53.5 Å². The lowest BCUT2D eigenvalue weighted by molar-refractivity contribution is -0.161. The number of carbonyl (C=O) groups excluding carboxylic acids is 1. The third kappa shape index (κ3) is 4.24. The second kappa shape index (κ2) is 7.60. The Kier molecular flexibility index (Phi) is 5.41. The number of aliphatic hydroxyl groups is 1. The lowest BCUT2D eigenvalue weighted by Gasteiger charge is -2.24. The molecule has 0 aliphatic rings. The van der Waals surface area contributed by atoms with E-state index in [9.17, 15) is 19.8 Å². The van der Waals surface area contributed by atoms with Crippen LogP contribution >= 0.6 is 23.2 Å². The van der Waals surface area contributed by atoms with E-state index in [1.165, 1.54) is 6.07 Å². The summed E-state index contributed by atoms with van der Waals surface area (Å²) in [6, 6.07) is 13.8. The summed E-state index contributed by atoms with van der Waals surface area (Å²) in [4.78, 5) is 26.9. The molecule has 2 aromatic carbocycles. The molecule has 3 aromatic rings. The topological polar surface area (TPSA) is 102 Å². The maximum Gasteiger partial charge on any atom is 0.357 e. The summed E-state index contributed by atoms with van der Waals surface area (Å²) in [5.74, 6) is -2.29. The van der Waals surface area contributed by atoms with E-state index < -0.39 is 17.6 Å². The zero-order valence-electron chi connectivity index (χ0n) is 14.0. The summed E-state index contributed by atoms with van der Waals surface area (Å²) in [7, 11) is 0. The Morgan fingerprint density at radius 1 is 1.07 bits per heavy atom. The summed E-state index contributed by atoms with van der Waals surface area (Å²) in [5.41, 5.74) is -0.902. The van der Waals surface area contributed by atoms with Crippen LogP contribution in [0.4, 0.5) is 0 Å². The molecular weight excluding hydrogens is 391 g/mol. The van der Waals surface area contributed by atoms with Gasteiger partial charge in [-0.05, 0) is 30.2 Å². The van der Waals surface area contributed by atoms with Crippen molar-refractivity contribution in [1.82, 2.24) is 10.3 Å². The molecule has 6 nitrogen and oxygen atoms in total. The molecular formula is C19H16Cl2N2O4. The Morgan fingerprint density at radius 2 is 1.74 bits per heavy atom. The number of carboxylic acid groups (broad SMARTS) is 1. The highest BCUT2D eigenvalue weighted by molar-refractivity contribution is 6.42. The number of nitrogens with one attached hydrogen (secondary N) is 2. The number of amides is 1. The molecule has 140 valence electrons. The van der Waals surface area contributed by atoms with Crippen LogP contribution in [0.3, 0.4) is 0 Å². The number of fused-ring (bicyclic) bond motifs is 1. The van der Waals surface area contributed by atoms with Crippen molar-refractivity contribution in [2.24, 2.45) is 0 Å². The predicted octanol–water partition coefficient (Wildman–Crippen LogP) is 3.61. The monoisotopic (exact) mass is 406 g/mol. The van der Waals surface area contributed by atoms with Gasteiger partial charge in [0.15, 0.2) is 0 Å². The van der Waals surface area contributed by atoms with E-state index in [0.717, 1.165) is 5.56 Å². The minimum atomic E-state index is -2.40. The molecule has 0 bridgehead atoms. The highest BCUT2D eigenvalue weighted by Crippen LogP contribution is 2.28. The van der Waals surface area contributed by atoms with Crippen molar-refractivity contribution in [1.29, 1.82) is 0 Å². The first-order chi connectivity index (χ1) is 12.8. The second-order valence-electron chi connectivity index (χ2n) is 6.14. The van der Waals surface area contributed by atoms with Crippen molar-refractivity contribution in [2.45, 2.75) is 18.6 Å². The first kappa shape index (κ1) is 19.2. The molecule has 0 radical (unpaired) electrons. The molecule has 1 atom stereocenters. The number of carbonyl (C=O) groups is 2. The van der Waals surface area contributed by atoms with Crippen molar-refractivity contribution in [3.8, 4) is 0 Å². The molecule has 0 aliphatic heterocycles. The number of benzene rings is 2. The fraction of sp³-hybridized carbons (Fsp3) is 0.158. The lowest BCUT2D eigenvalue weighted by Crippen LogP contribution is -2.55. The Hall–Kier alpha value is -2.54. The van der Waals surface area contributed by atoms with Gasteiger partial charge in [0.1, 0.15) is 5.69 Å². The average molecular weight is 407 g/mol. The molecule has 0 fully saturated rings. The molecule has 8 heteroatoms. The number of aryl methyl sites for hydroxylation is 1. The van der Waals surface area contributed by atoms with Crippen LogP contribution in [0.15, 0.2) is 48.5 Å². The molecule has 3 rings (SSSR count). The molecule has 27 heavy (non-hydrogen) atoms. The van der Waals surface area contributed by atoms with E-state index in [4.69, 9.17) is 23.2 Å². The van der Waals surface area contributed by atoms with Gasteiger partial charge in [0.05, 0.1) is 10.0 Å². The third-order valence-corrected chi connectivity index (χ3v) is 4.92. The molecule has 0 unspecified atom stereocenters. The largest absolute Gasteiger partial charge is 0.478 e. The van der Waals surface area contributed by atoms with Gasteiger partial charge in [-0.3, -0.25) is 4.79 Å². The van der Waals surface area contributed by atoms with Crippen LogP contribution in [-0.2, 0) is 11.2 Å². The molecule has 4 N–H and O–H groups in total. The van der Waals surface area contributed by atoms with Crippen LogP contribution in [0.2, 0.25) is 10.0 Å². The minimum Gasteiger partial charge on any atom is -0.478 e. The number of aliphatic carboxylic acids is 1. The fourth-order valence-electron chi connectivity index (χ4n) is 2.70. The van der Waals surface area contributed by atoms with Gasteiger partial charge in [0.2, 0.25) is 5.72 Å². The molecule has 1 heterocycles. The fourth-order valence-corrected chi connectivity index (χ4v) is 3.03. The number of hydrogen-bond acceptors (Lipinski definition) is 3. The summed E-state index contributed by atoms with van der Waals surface area (Å²) >= 11 is 11.9. The molecule has 0 aliphatic carbocycles. The van der Waals surface area contributed by atoms with Gasteiger partial charge in [-0.25, -0.2) is 4.79 Å². The van der Waals surface area contributed by atoms with E-state index >= 15 is 0 Å². The molecule has 0 saturated heterocycles. The van der Waals surface area contributed by atoms with E-state index in [0.29, 0.717) is 20.9 Å². The second-order valence-corrected chi connectivity index (χ2v) is 6.96. The summed E-state index contributed by atoms with van der Waals surface area (Å²) in [6.07, 6.45) is 0.0950. The number of aromatic nitrogens is 1. The van der Waals surface area contributed by atoms with Gasteiger partial charge in [-0.15, -0.1) is 0 Å². The molecule has 1 amide bonds. The van der Waals surface area contributed by atoms with Crippen LogP contribution < -0.4 is 5.32 Å². The minimum absolute atomic E-state index is 0.0859. The lowest BCUT2D eigenvalue weighted by atomic mass is 10.0. The SMILES string of the molecule is O=C(N[C@@](O)(CCc1ccccc1)C(=O)O)c1cc2cc(Cl)c(Cl)cc2[nH]1. The van der Waals surface area contributed by atoms with Crippen LogP contribution in [-0.4, -0.2) is 32.8 Å². The quantitative estimate of drug-likeness (QED) is 0.469. The smallest absolute Gasteiger partial charge is 0.357 e. The number of hydrogen-bond donors (Lipinski definition) is 4. The standard InChI is InChI=1S/C19H16Cl2N2O4/c20-13-8-12-9-16(22-15(12)10-14(13)21)17(24)23-19(27,18(25)26)7-6-11-4-2-1-3-5-11/h1-5,8-10,22,27H,6-7H2,(H,23,24)(H,25,26)/t19-/m1/s1. The van der Waals surface area contributed by atoms with Crippen molar-refractivity contribution in [3.05, 3.63) is 69.8 Å². The van der Waals surface area contributed by atoms with Gasteiger partial charge < -0.3 is 20.5 Å². The highest BCUT2D eigenvalue weighted by atomic mass is 35.5. The molecule has 0 saturated carbocycles. The normalized spacial score (nSPS) is 13.3. The van der Waals surface area contributed by atoms with Crippen molar-refractivity contribution in [3.63, 3.8) is 0 Å².